The van der Waals surface area contributed by atoms with E-state index in [1.807, 2.05) is 6.07 Å². The highest BCUT2D eigenvalue weighted by Crippen LogP contribution is 2.19. The van der Waals surface area contributed by atoms with Crippen molar-refractivity contribution < 1.29 is 4.39 Å². The molecular formula is C22H26FN3. The third-order valence-corrected chi connectivity index (χ3v) is 5.34. The Kier molecular flexibility index (Phi) is 5.05. The van der Waals surface area contributed by atoms with Gasteiger partial charge in [0.2, 0.25) is 0 Å². The zero-order valence-corrected chi connectivity index (χ0v) is 15.4. The number of nitrogens with zero attached hydrogens (tertiary/aromatic N) is 3. The van der Waals surface area contributed by atoms with E-state index in [0.717, 1.165) is 51.3 Å². The van der Waals surface area contributed by atoms with E-state index >= 15 is 0 Å². The molecule has 4 rings (SSSR count). The Balaban J connectivity index is 1.37. The van der Waals surface area contributed by atoms with Gasteiger partial charge in [-0.1, -0.05) is 24.3 Å². The largest absolute Gasteiger partial charge is 0.351 e. The minimum Gasteiger partial charge on any atom is -0.351 e. The second-order valence-electron chi connectivity index (χ2n) is 7.36. The van der Waals surface area contributed by atoms with Crippen LogP contribution in [0.3, 0.4) is 0 Å². The van der Waals surface area contributed by atoms with Crippen molar-refractivity contribution in [3.8, 4) is 0 Å². The van der Waals surface area contributed by atoms with Gasteiger partial charge in [0, 0.05) is 44.9 Å². The highest BCUT2D eigenvalue weighted by Gasteiger charge is 2.15. The lowest BCUT2D eigenvalue weighted by Gasteiger charge is -2.22. The van der Waals surface area contributed by atoms with Gasteiger partial charge in [-0.2, -0.15) is 0 Å². The Morgan fingerprint density at radius 3 is 2.31 bits per heavy atom. The summed E-state index contributed by atoms with van der Waals surface area (Å²) in [5, 5.41) is 1.30. The molecule has 1 fully saturated rings. The molecule has 1 aliphatic rings. The zero-order valence-electron chi connectivity index (χ0n) is 15.4. The van der Waals surface area contributed by atoms with Crippen LogP contribution >= 0.6 is 0 Å². The van der Waals surface area contributed by atoms with E-state index < -0.39 is 0 Å². The SMILES string of the molecule is Cn1ccc2ccc(CN3CCCN(Cc4cccc(F)c4)CC3)cc21. The van der Waals surface area contributed by atoms with Crippen molar-refractivity contribution in [2.75, 3.05) is 26.2 Å². The van der Waals surface area contributed by atoms with Gasteiger partial charge in [-0.3, -0.25) is 9.80 Å². The molecule has 2 heterocycles. The third kappa shape index (κ3) is 3.97. The topological polar surface area (TPSA) is 11.4 Å². The number of fused-ring (bicyclic) bond motifs is 1. The molecule has 0 saturated carbocycles. The van der Waals surface area contributed by atoms with Crippen LogP contribution in [-0.4, -0.2) is 40.5 Å². The lowest BCUT2D eigenvalue weighted by molar-refractivity contribution is 0.247. The van der Waals surface area contributed by atoms with Crippen molar-refractivity contribution in [1.29, 1.82) is 0 Å². The lowest BCUT2D eigenvalue weighted by atomic mass is 10.1. The van der Waals surface area contributed by atoms with Gasteiger partial charge in [0.25, 0.3) is 0 Å². The number of hydrogen-bond donors (Lipinski definition) is 0. The quantitative estimate of drug-likeness (QED) is 0.703. The Hall–Kier alpha value is -2.17. The second kappa shape index (κ2) is 7.60. The standard InChI is InChI=1S/C22H26FN3/c1-24-11-8-20-7-6-19(15-22(20)24)17-26-10-3-9-25(12-13-26)16-18-4-2-5-21(23)14-18/h2,4-8,11,14-15H,3,9-10,12-13,16-17H2,1H3. The van der Waals surface area contributed by atoms with Crippen LogP contribution in [0, 0.1) is 5.82 Å². The summed E-state index contributed by atoms with van der Waals surface area (Å²) in [6, 6.07) is 15.9. The Labute approximate surface area is 154 Å². The van der Waals surface area contributed by atoms with Crippen molar-refractivity contribution in [2.24, 2.45) is 7.05 Å². The van der Waals surface area contributed by atoms with Crippen LogP contribution in [0.5, 0.6) is 0 Å². The molecule has 136 valence electrons. The molecule has 0 N–H and O–H groups in total. The van der Waals surface area contributed by atoms with E-state index in [1.54, 1.807) is 12.1 Å². The first kappa shape index (κ1) is 17.3. The first-order valence-electron chi connectivity index (χ1n) is 9.40. The predicted octanol–water partition coefficient (Wildman–Crippen LogP) is 4.03. The average Bonchev–Trinajstić information content (AvgIpc) is 2.85. The van der Waals surface area contributed by atoms with Gasteiger partial charge in [-0.05, 0) is 60.3 Å². The summed E-state index contributed by atoms with van der Waals surface area (Å²) in [4.78, 5) is 4.98. The maximum atomic E-state index is 13.4. The van der Waals surface area contributed by atoms with E-state index in [9.17, 15) is 4.39 Å². The number of aromatic nitrogens is 1. The van der Waals surface area contributed by atoms with Gasteiger partial charge in [-0.25, -0.2) is 4.39 Å². The molecule has 3 aromatic rings. The summed E-state index contributed by atoms with van der Waals surface area (Å²) in [5.41, 5.74) is 3.73. The molecule has 0 unspecified atom stereocenters. The molecule has 3 nitrogen and oxygen atoms in total. The molecule has 1 aliphatic heterocycles. The normalized spacial score (nSPS) is 16.8. The van der Waals surface area contributed by atoms with Crippen molar-refractivity contribution in [2.45, 2.75) is 19.5 Å². The fraction of sp³-hybridized carbons (Fsp3) is 0.364. The molecule has 0 bridgehead atoms. The molecule has 1 aromatic heterocycles. The van der Waals surface area contributed by atoms with E-state index in [1.165, 1.54) is 22.5 Å². The van der Waals surface area contributed by atoms with E-state index in [0.29, 0.717) is 0 Å². The maximum Gasteiger partial charge on any atom is 0.123 e. The second-order valence-corrected chi connectivity index (χ2v) is 7.36. The highest BCUT2D eigenvalue weighted by atomic mass is 19.1. The molecule has 1 saturated heterocycles. The van der Waals surface area contributed by atoms with Gasteiger partial charge >= 0.3 is 0 Å². The van der Waals surface area contributed by atoms with Crippen LogP contribution in [-0.2, 0) is 20.1 Å². The van der Waals surface area contributed by atoms with Crippen LogP contribution in [0.25, 0.3) is 10.9 Å². The summed E-state index contributed by atoms with van der Waals surface area (Å²) >= 11 is 0. The third-order valence-electron chi connectivity index (χ3n) is 5.34. The molecule has 0 amide bonds. The van der Waals surface area contributed by atoms with Gasteiger partial charge < -0.3 is 4.57 Å². The summed E-state index contributed by atoms with van der Waals surface area (Å²) in [5.74, 6) is -0.144. The minimum absolute atomic E-state index is 0.144. The summed E-state index contributed by atoms with van der Waals surface area (Å²) in [6.45, 7) is 6.11. The van der Waals surface area contributed by atoms with Crippen molar-refractivity contribution in [3.63, 3.8) is 0 Å². The lowest BCUT2D eigenvalue weighted by Crippen LogP contribution is -2.30. The van der Waals surface area contributed by atoms with Gasteiger partial charge in [0.05, 0.1) is 0 Å². The van der Waals surface area contributed by atoms with Crippen LogP contribution < -0.4 is 0 Å². The van der Waals surface area contributed by atoms with Crippen LogP contribution in [0.1, 0.15) is 17.5 Å². The van der Waals surface area contributed by atoms with Crippen molar-refractivity contribution in [1.82, 2.24) is 14.4 Å². The monoisotopic (exact) mass is 351 g/mol. The van der Waals surface area contributed by atoms with Gasteiger partial charge in [-0.15, -0.1) is 0 Å². The minimum atomic E-state index is -0.144. The number of halogens is 1. The number of aryl methyl sites for hydroxylation is 1. The van der Waals surface area contributed by atoms with E-state index in [-0.39, 0.29) is 5.82 Å². The van der Waals surface area contributed by atoms with Crippen LogP contribution in [0.2, 0.25) is 0 Å². The molecule has 0 atom stereocenters. The first-order valence-corrected chi connectivity index (χ1v) is 9.40. The zero-order chi connectivity index (χ0) is 17.9. The smallest absolute Gasteiger partial charge is 0.123 e. The average molecular weight is 351 g/mol. The molecule has 0 aliphatic carbocycles. The first-order chi connectivity index (χ1) is 12.7. The number of hydrogen-bond acceptors (Lipinski definition) is 2. The number of benzene rings is 2. The Morgan fingerprint density at radius 2 is 1.58 bits per heavy atom. The summed E-state index contributed by atoms with van der Waals surface area (Å²) in [7, 11) is 2.10. The van der Waals surface area contributed by atoms with Crippen molar-refractivity contribution in [3.05, 3.63) is 71.7 Å². The summed E-state index contributed by atoms with van der Waals surface area (Å²) in [6.07, 6.45) is 3.27. The Morgan fingerprint density at radius 1 is 0.846 bits per heavy atom. The fourth-order valence-electron chi connectivity index (χ4n) is 3.90. The fourth-order valence-corrected chi connectivity index (χ4v) is 3.90. The predicted molar refractivity (Wildman–Crippen MR) is 104 cm³/mol. The Bertz CT molecular complexity index is 886. The molecule has 4 heteroatoms. The highest BCUT2D eigenvalue weighted by molar-refractivity contribution is 5.80. The van der Waals surface area contributed by atoms with E-state index in [2.05, 4.69) is 51.9 Å². The van der Waals surface area contributed by atoms with Crippen LogP contribution in [0.4, 0.5) is 4.39 Å². The maximum absolute atomic E-state index is 13.4. The van der Waals surface area contributed by atoms with Crippen molar-refractivity contribution >= 4 is 10.9 Å². The number of rotatable bonds is 4. The summed E-state index contributed by atoms with van der Waals surface area (Å²) < 4.78 is 15.6. The molecule has 2 aromatic carbocycles. The van der Waals surface area contributed by atoms with Crippen LogP contribution in [0.15, 0.2) is 54.7 Å². The molecule has 0 spiro atoms. The molecular weight excluding hydrogens is 325 g/mol. The van der Waals surface area contributed by atoms with Gasteiger partial charge in [0.15, 0.2) is 0 Å². The molecule has 26 heavy (non-hydrogen) atoms. The molecule has 0 radical (unpaired) electrons. The van der Waals surface area contributed by atoms with E-state index in [4.69, 9.17) is 0 Å². The van der Waals surface area contributed by atoms with Gasteiger partial charge in [0.1, 0.15) is 5.82 Å².